The Balaban J connectivity index is 1.57. The first-order valence-electron chi connectivity index (χ1n) is 8.12. The molecular formula is C17H26N2O2. The van der Waals surface area contributed by atoms with E-state index in [1.54, 1.807) is 0 Å². The number of hydrogen-bond acceptors (Lipinski definition) is 4. The molecule has 116 valence electrons. The zero-order chi connectivity index (χ0) is 14.5. The maximum atomic E-state index is 5.76. The molecular weight excluding hydrogens is 264 g/mol. The molecule has 1 unspecified atom stereocenters. The van der Waals surface area contributed by atoms with Gasteiger partial charge in [-0.15, -0.1) is 0 Å². The highest BCUT2D eigenvalue weighted by atomic mass is 16.5. The van der Waals surface area contributed by atoms with Crippen molar-refractivity contribution < 1.29 is 9.47 Å². The standard InChI is InChI=1S/C17H26N2O2/c1-19(13-15-5-2-3-8-18-15)12-14-6-7-16-17(11-14)21-10-4-9-20-16/h6-7,11,15,18H,2-5,8-10,12-13H2,1H3. The van der Waals surface area contributed by atoms with Crippen LogP contribution in [0.15, 0.2) is 18.2 Å². The molecule has 1 atom stereocenters. The van der Waals surface area contributed by atoms with Crippen molar-refractivity contribution in [3.63, 3.8) is 0 Å². The maximum absolute atomic E-state index is 5.76. The predicted octanol–water partition coefficient (Wildman–Crippen LogP) is 2.42. The second-order valence-corrected chi connectivity index (χ2v) is 6.18. The molecule has 0 spiro atoms. The van der Waals surface area contributed by atoms with Crippen molar-refractivity contribution in [1.29, 1.82) is 0 Å². The Morgan fingerprint density at radius 3 is 2.81 bits per heavy atom. The number of likely N-dealkylation sites (N-methyl/N-ethyl adjacent to an activating group) is 1. The topological polar surface area (TPSA) is 33.7 Å². The number of benzene rings is 1. The number of nitrogens with one attached hydrogen (secondary N) is 1. The highest BCUT2D eigenvalue weighted by Gasteiger charge is 2.16. The Kier molecular flexibility index (Phi) is 4.99. The van der Waals surface area contributed by atoms with Crippen LogP contribution in [0.2, 0.25) is 0 Å². The minimum absolute atomic E-state index is 0.643. The lowest BCUT2D eigenvalue weighted by Gasteiger charge is -2.28. The maximum Gasteiger partial charge on any atom is 0.161 e. The molecule has 2 heterocycles. The van der Waals surface area contributed by atoms with Gasteiger partial charge in [-0.1, -0.05) is 12.5 Å². The quantitative estimate of drug-likeness (QED) is 0.923. The van der Waals surface area contributed by atoms with Crippen LogP contribution in [-0.4, -0.2) is 44.3 Å². The van der Waals surface area contributed by atoms with E-state index in [0.29, 0.717) is 6.04 Å². The van der Waals surface area contributed by atoms with Gasteiger partial charge in [0.1, 0.15) is 0 Å². The summed E-state index contributed by atoms with van der Waals surface area (Å²) >= 11 is 0. The normalized spacial score (nSPS) is 22.1. The summed E-state index contributed by atoms with van der Waals surface area (Å²) < 4.78 is 11.4. The SMILES string of the molecule is CN(Cc1ccc2c(c1)OCCCO2)CC1CCCCN1. The smallest absolute Gasteiger partial charge is 0.161 e. The molecule has 4 nitrogen and oxygen atoms in total. The van der Waals surface area contributed by atoms with Crippen molar-refractivity contribution in [2.75, 3.05) is 33.4 Å². The molecule has 1 aromatic carbocycles. The van der Waals surface area contributed by atoms with Gasteiger partial charge < -0.3 is 19.7 Å². The molecule has 1 aromatic rings. The van der Waals surface area contributed by atoms with Crippen LogP contribution in [0.25, 0.3) is 0 Å². The van der Waals surface area contributed by atoms with E-state index in [-0.39, 0.29) is 0 Å². The fourth-order valence-electron chi connectivity index (χ4n) is 3.14. The Hall–Kier alpha value is -1.26. The van der Waals surface area contributed by atoms with Gasteiger partial charge in [0, 0.05) is 25.6 Å². The molecule has 3 rings (SSSR count). The summed E-state index contributed by atoms with van der Waals surface area (Å²) in [4.78, 5) is 2.39. The molecule has 0 amide bonds. The van der Waals surface area contributed by atoms with Gasteiger partial charge in [-0.05, 0) is 44.1 Å². The molecule has 2 aliphatic heterocycles. The number of ether oxygens (including phenoxy) is 2. The van der Waals surface area contributed by atoms with E-state index in [1.807, 2.05) is 6.07 Å². The molecule has 21 heavy (non-hydrogen) atoms. The van der Waals surface area contributed by atoms with Crippen LogP contribution in [0.3, 0.4) is 0 Å². The van der Waals surface area contributed by atoms with E-state index < -0.39 is 0 Å². The van der Waals surface area contributed by atoms with Crippen LogP contribution in [0.1, 0.15) is 31.2 Å². The lowest BCUT2D eigenvalue weighted by molar-refractivity contribution is 0.256. The van der Waals surface area contributed by atoms with E-state index >= 15 is 0 Å². The monoisotopic (exact) mass is 290 g/mol. The minimum atomic E-state index is 0.643. The molecule has 0 saturated carbocycles. The van der Waals surface area contributed by atoms with E-state index in [9.17, 15) is 0 Å². The molecule has 1 saturated heterocycles. The molecule has 4 heteroatoms. The summed E-state index contributed by atoms with van der Waals surface area (Å²) in [7, 11) is 2.19. The number of hydrogen-bond donors (Lipinski definition) is 1. The Bertz CT molecular complexity index is 458. The molecule has 0 aromatic heterocycles. The van der Waals surface area contributed by atoms with Gasteiger partial charge in [-0.2, -0.15) is 0 Å². The van der Waals surface area contributed by atoms with Crippen LogP contribution >= 0.6 is 0 Å². The fraction of sp³-hybridized carbons (Fsp3) is 0.647. The summed E-state index contributed by atoms with van der Waals surface area (Å²) in [6.45, 7) is 4.73. The van der Waals surface area contributed by atoms with Crippen LogP contribution in [-0.2, 0) is 6.54 Å². The van der Waals surface area contributed by atoms with Crippen LogP contribution in [0, 0.1) is 0 Å². The third kappa shape index (κ3) is 4.11. The molecule has 0 aliphatic carbocycles. The molecule has 2 aliphatic rings. The third-order valence-electron chi connectivity index (χ3n) is 4.21. The Morgan fingerprint density at radius 2 is 2.00 bits per heavy atom. The fourth-order valence-corrected chi connectivity index (χ4v) is 3.14. The number of rotatable bonds is 4. The zero-order valence-electron chi connectivity index (χ0n) is 12.9. The van der Waals surface area contributed by atoms with Crippen molar-refractivity contribution in [3.05, 3.63) is 23.8 Å². The second kappa shape index (κ2) is 7.14. The summed E-state index contributed by atoms with van der Waals surface area (Å²) in [6.07, 6.45) is 4.93. The second-order valence-electron chi connectivity index (χ2n) is 6.18. The van der Waals surface area contributed by atoms with E-state index in [0.717, 1.165) is 44.2 Å². The molecule has 1 N–H and O–H groups in total. The summed E-state index contributed by atoms with van der Waals surface area (Å²) in [5.41, 5.74) is 1.29. The van der Waals surface area contributed by atoms with E-state index in [1.165, 1.54) is 31.4 Å². The van der Waals surface area contributed by atoms with Gasteiger partial charge in [-0.25, -0.2) is 0 Å². The van der Waals surface area contributed by atoms with Crippen LogP contribution < -0.4 is 14.8 Å². The molecule has 0 bridgehead atoms. The van der Waals surface area contributed by atoms with Gasteiger partial charge in [0.25, 0.3) is 0 Å². The average molecular weight is 290 g/mol. The van der Waals surface area contributed by atoms with E-state index in [4.69, 9.17) is 9.47 Å². The van der Waals surface area contributed by atoms with Gasteiger partial charge in [0.2, 0.25) is 0 Å². The lowest BCUT2D eigenvalue weighted by Crippen LogP contribution is -2.42. The van der Waals surface area contributed by atoms with Crippen molar-refractivity contribution in [1.82, 2.24) is 10.2 Å². The average Bonchev–Trinajstić information content (AvgIpc) is 2.73. The summed E-state index contributed by atoms with van der Waals surface area (Å²) in [5.74, 6) is 1.78. The van der Waals surface area contributed by atoms with Gasteiger partial charge >= 0.3 is 0 Å². The Labute approximate surface area is 127 Å². The highest BCUT2D eigenvalue weighted by Crippen LogP contribution is 2.30. The van der Waals surface area contributed by atoms with Crippen LogP contribution in [0.4, 0.5) is 0 Å². The lowest BCUT2D eigenvalue weighted by atomic mass is 10.0. The van der Waals surface area contributed by atoms with Crippen LogP contribution in [0.5, 0.6) is 11.5 Å². The first kappa shape index (κ1) is 14.7. The predicted molar refractivity (Wildman–Crippen MR) is 84.0 cm³/mol. The zero-order valence-corrected chi connectivity index (χ0v) is 12.9. The minimum Gasteiger partial charge on any atom is -0.490 e. The highest BCUT2D eigenvalue weighted by molar-refractivity contribution is 5.43. The first-order valence-corrected chi connectivity index (χ1v) is 8.12. The first-order chi connectivity index (χ1) is 10.3. The summed E-state index contributed by atoms with van der Waals surface area (Å²) in [6, 6.07) is 6.97. The van der Waals surface area contributed by atoms with Gasteiger partial charge in [-0.3, -0.25) is 0 Å². The Morgan fingerprint density at radius 1 is 1.14 bits per heavy atom. The number of nitrogens with zero attached hydrogens (tertiary/aromatic N) is 1. The van der Waals surface area contributed by atoms with Crippen molar-refractivity contribution in [2.45, 2.75) is 38.3 Å². The number of piperidine rings is 1. The number of fused-ring (bicyclic) bond motifs is 1. The van der Waals surface area contributed by atoms with Gasteiger partial charge in [0.05, 0.1) is 13.2 Å². The summed E-state index contributed by atoms with van der Waals surface area (Å²) in [5, 5.41) is 3.61. The van der Waals surface area contributed by atoms with Crippen molar-refractivity contribution in [3.8, 4) is 11.5 Å². The van der Waals surface area contributed by atoms with E-state index in [2.05, 4.69) is 29.4 Å². The molecule has 1 fully saturated rings. The molecule has 0 radical (unpaired) electrons. The van der Waals surface area contributed by atoms with Gasteiger partial charge in [0.15, 0.2) is 11.5 Å². The largest absolute Gasteiger partial charge is 0.490 e. The third-order valence-corrected chi connectivity index (χ3v) is 4.21. The van der Waals surface area contributed by atoms with Crippen molar-refractivity contribution in [2.24, 2.45) is 0 Å². The van der Waals surface area contributed by atoms with Crippen molar-refractivity contribution >= 4 is 0 Å².